The summed E-state index contributed by atoms with van der Waals surface area (Å²) in [7, 11) is 0. The Hall–Kier alpha value is -1.36. The van der Waals surface area contributed by atoms with E-state index in [0.717, 1.165) is 23.7 Å². The molecule has 0 saturated carbocycles. The molecule has 134 valence electrons. The first-order chi connectivity index (χ1) is 12.0. The Balaban J connectivity index is 1.94. The smallest absolute Gasteiger partial charge is 0.307 e. The maximum Gasteiger partial charge on any atom is 0.307 e. The van der Waals surface area contributed by atoms with Crippen molar-refractivity contribution in [1.29, 1.82) is 0 Å². The molecule has 2 heterocycles. The zero-order valence-electron chi connectivity index (χ0n) is 14.6. The molecule has 2 aromatic rings. The largest absolute Gasteiger partial charge is 0.481 e. The van der Waals surface area contributed by atoms with Crippen LogP contribution >= 0.6 is 22.9 Å². The second kappa shape index (κ2) is 7.90. The van der Waals surface area contributed by atoms with Crippen LogP contribution < -0.4 is 0 Å². The number of carbonyl (C=O) groups is 1. The van der Waals surface area contributed by atoms with E-state index in [0.29, 0.717) is 12.5 Å². The standard InChI is InChI=1S/C20H24ClNO2S/c1-13(2)14-5-7-15(8-6-14)19(17-9-10-18(21)25-17)22-11-3-4-16(12-22)20(23)24/h5-10,13,16,19H,3-4,11-12H2,1-2H3,(H,23,24). The summed E-state index contributed by atoms with van der Waals surface area (Å²) < 4.78 is 0.769. The van der Waals surface area contributed by atoms with Gasteiger partial charge in [-0.1, -0.05) is 49.7 Å². The normalized spacial score (nSPS) is 19.9. The predicted molar refractivity (Wildman–Crippen MR) is 104 cm³/mol. The number of nitrogens with zero attached hydrogens (tertiary/aromatic N) is 1. The number of rotatable bonds is 5. The van der Waals surface area contributed by atoms with Gasteiger partial charge >= 0.3 is 5.97 Å². The first-order valence-corrected chi connectivity index (χ1v) is 9.97. The van der Waals surface area contributed by atoms with Gasteiger partial charge < -0.3 is 5.11 Å². The van der Waals surface area contributed by atoms with Crippen molar-refractivity contribution in [2.24, 2.45) is 5.92 Å². The zero-order valence-corrected chi connectivity index (χ0v) is 16.2. The second-order valence-electron chi connectivity index (χ2n) is 7.04. The maximum absolute atomic E-state index is 11.5. The SMILES string of the molecule is CC(C)c1ccc(C(c2ccc(Cl)s2)N2CCCC(C(=O)O)C2)cc1. The molecule has 0 aliphatic carbocycles. The van der Waals surface area contributed by atoms with Crippen LogP contribution in [0.1, 0.15) is 54.7 Å². The molecule has 1 aliphatic heterocycles. The van der Waals surface area contributed by atoms with E-state index in [2.05, 4.69) is 49.1 Å². The molecule has 0 bridgehead atoms. The molecule has 3 nitrogen and oxygen atoms in total. The maximum atomic E-state index is 11.5. The molecule has 25 heavy (non-hydrogen) atoms. The van der Waals surface area contributed by atoms with E-state index in [-0.39, 0.29) is 12.0 Å². The van der Waals surface area contributed by atoms with Gasteiger partial charge in [-0.3, -0.25) is 9.69 Å². The highest BCUT2D eigenvalue weighted by Gasteiger charge is 2.32. The number of aliphatic carboxylic acids is 1. The number of hydrogen-bond donors (Lipinski definition) is 1. The van der Waals surface area contributed by atoms with Crippen LogP contribution in [0.3, 0.4) is 0 Å². The minimum atomic E-state index is -0.692. The van der Waals surface area contributed by atoms with Crippen molar-refractivity contribution < 1.29 is 9.90 Å². The lowest BCUT2D eigenvalue weighted by Crippen LogP contribution is -2.41. The summed E-state index contributed by atoms with van der Waals surface area (Å²) in [5.41, 5.74) is 2.52. The van der Waals surface area contributed by atoms with Gasteiger partial charge in [-0.15, -0.1) is 11.3 Å². The molecule has 2 atom stereocenters. The average Bonchev–Trinajstić information content (AvgIpc) is 3.02. The predicted octanol–water partition coefficient (Wildman–Crippen LogP) is 5.41. The van der Waals surface area contributed by atoms with Gasteiger partial charge in [0.15, 0.2) is 0 Å². The lowest BCUT2D eigenvalue weighted by Gasteiger charge is -2.37. The van der Waals surface area contributed by atoms with Crippen molar-refractivity contribution in [3.8, 4) is 0 Å². The van der Waals surface area contributed by atoms with Gasteiger partial charge in [-0.2, -0.15) is 0 Å². The lowest BCUT2D eigenvalue weighted by molar-refractivity contribution is -0.143. The minimum Gasteiger partial charge on any atom is -0.481 e. The molecule has 1 aromatic heterocycles. The molecule has 1 saturated heterocycles. The summed E-state index contributed by atoms with van der Waals surface area (Å²) in [4.78, 5) is 14.9. The van der Waals surface area contributed by atoms with E-state index in [1.54, 1.807) is 11.3 Å². The van der Waals surface area contributed by atoms with Crippen molar-refractivity contribution in [3.05, 3.63) is 56.7 Å². The van der Waals surface area contributed by atoms with Crippen LogP contribution in [0.15, 0.2) is 36.4 Å². The van der Waals surface area contributed by atoms with Crippen molar-refractivity contribution in [3.63, 3.8) is 0 Å². The van der Waals surface area contributed by atoms with Gasteiger partial charge in [0.2, 0.25) is 0 Å². The van der Waals surface area contributed by atoms with Crippen molar-refractivity contribution in [1.82, 2.24) is 4.90 Å². The molecule has 1 aromatic carbocycles. The van der Waals surface area contributed by atoms with E-state index in [1.165, 1.54) is 16.0 Å². The first kappa shape index (κ1) is 18.4. The Bertz CT molecular complexity index is 726. The zero-order chi connectivity index (χ0) is 18.0. The molecule has 0 spiro atoms. The van der Waals surface area contributed by atoms with Crippen LogP contribution in [0.5, 0.6) is 0 Å². The topological polar surface area (TPSA) is 40.5 Å². The Kier molecular flexibility index (Phi) is 5.82. The highest BCUT2D eigenvalue weighted by Crippen LogP contribution is 2.37. The van der Waals surface area contributed by atoms with Crippen LogP contribution in [0.25, 0.3) is 0 Å². The molecular weight excluding hydrogens is 354 g/mol. The summed E-state index contributed by atoms with van der Waals surface area (Å²) in [5.74, 6) is -0.487. The Morgan fingerprint density at radius 2 is 1.88 bits per heavy atom. The van der Waals surface area contributed by atoms with Crippen LogP contribution in [-0.4, -0.2) is 29.1 Å². The first-order valence-electron chi connectivity index (χ1n) is 8.77. The van der Waals surface area contributed by atoms with Gasteiger partial charge in [0.05, 0.1) is 16.3 Å². The number of piperidine rings is 1. The summed E-state index contributed by atoms with van der Waals surface area (Å²) >= 11 is 7.76. The fraction of sp³-hybridized carbons (Fsp3) is 0.450. The van der Waals surface area contributed by atoms with E-state index in [4.69, 9.17) is 11.6 Å². The number of carboxylic acid groups (broad SMARTS) is 1. The Morgan fingerprint density at radius 3 is 2.44 bits per heavy atom. The number of likely N-dealkylation sites (tertiary alicyclic amines) is 1. The Morgan fingerprint density at radius 1 is 1.20 bits per heavy atom. The fourth-order valence-electron chi connectivity index (χ4n) is 3.54. The van der Waals surface area contributed by atoms with Crippen molar-refractivity contribution in [2.45, 2.75) is 38.6 Å². The molecule has 1 fully saturated rings. The van der Waals surface area contributed by atoms with Crippen LogP contribution in [0.4, 0.5) is 0 Å². The lowest BCUT2D eigenvalue weighted by atomic mass is 9.93. The molecule has 3 rings (SSSR count). The molecule has 1 N–H and O–H groups in total. The third-order valence-electron chi connectivity index (χ3n) is 4.95. The summed E-state index contributed by atoms with van der Waals surface area (Å²) in [6.45, 7) is 5.87. The van der Waals surface area contributed by atoms with Gasteiger partial charge in [0, 0.05) is 11.4 Å². The third-order valence-corrected chi connectivity index (χ3v) is 6.23. The van der Waals surface area contributed by atoms with Crippen LogP contribution in [0.2, 0.25) is 4.34 Å². The highest BCUT2D eigenvalue weighted by atomic mass is 35.5. The van der Waals surface area contributed by atoms with Gasteiger partial charge in [0.25, 0.3) is 0 Å². The van der Waals surface area contributed by atoms with Gasteiger partial charge in [-0.25, -0.2) is 0 Å². The molecule has 1 aliphatic rings. The second-order valence-corrected chi connectivity index (χ2v) is 8.78. The molecule has 5 heteroatoms. The van der Waals surface area contributed by atoms with Crippen molar-refractivity contribution >= 4 is 28.9 Å². The molecule has 2 unspecified atom stereocenters. The quantitative estimate of drug-likeness (QED) is 0.757. The monoisotopic (exact) mass is 377 g/mol. The Labute approximate surface area is 158 Å². The number of benzene rings is 1. The number of hydrogen-bond acceptors (Lipinski definition) is 3. The third kappa shape index (κ3) is 4.25. The number of carboxylic acids is 1. The molecule has 0 radical (unpaired) electrons. The highest BCUT2D eigenvalue weighted by molar-refractivity contribution is 7.16. The van der Waals surface area contributed by atoms with E-state index in [9.17, 15) is 9.90 Å². The summed E-state index contributed by atoms with van der Waals surface area (Å²) in [6, 6.07) is 12.8. The summed E-state index contributed by atoms with van der Waals surface area (Å²) in [5, 5.41) is 9.44. The average molecular weight is 378 g/mol. The van der Waals surface area contributed by atoms with E-state index in [1.807, 2.05) is 6.07 Å². The fourth-order valence-corrected chi connectivity index (χ4v) is 4.76. The van der Waals surface area contributed by atoms with E-state index >= 15 is 0 Å². The van der Waals surface area contributed by atoms with Gasteiger partial charge in [-0.05, 0) is 48.6 Å². The molecular formula is C20H24ClNO2S. The summed E-state index contributed by atoms with van der Waals surface area (Å²) in [6.07, 6.45) is 1.67. The number of thiophene rings is 1. The molecule has 0 amide bonds. The van der Waals surface area contributed by atoms with Crippen LogP contribution in [0, 0.1) is 5.92 Å². The van der Waals surface area contributed by atoms with E-state index < -0.39 is 5.97 Å². The minimum absolute atomic E-state index is 0.0702. The van der Waals surface area contributed by atoms with Crippen molar-refractivity contribution in [2.75, 3.05) is 13.1 Å². The van der Waals surface area contributed by atoms with Crippen LogP contribution in [-0.2, 0) is 4.79 Å². The number of halogens is 1. The van der Waals surface area contributed by atoms with Gasteiger partial charge in [0.1, 0.15) is 0 Å².